The summed E-state index contributed by atoms with van der Waals surface area (Å²) in [5.74, 6) is 0.132. The number of carbonyl (C=O) groups excluding carboxylic acids is 1. The number of nitrogens with one attached hydrogen (secondary N) is 1. The number of fused-ring (bicyclic) bond motifs is 1. The predicted octanol–water partition coefficient (Wildman–Crippen LogP) is 1.96. The van der Waals surface area contributed by atoms with Gasteiger partial charge < -0.3 is 14.8 Å². The lowest BCUT2D eigenvalue weighted by atomic mass is 9.98. The zero-order valence-electron chi connectivity index (χ0n) is 13.7. The van der Waals surface area contributed by atoms with Crippen molar-refractivity contribution in [1.82, 2.24) is 4.90 Å². The molecular weight excluding hydrogens is 308 g/mol. The quantitative estimate of drug-likeness (QED) is 0.837. The first kappa shape index (κ1) is 16.7. The second-order valence-corrected chi connectivity index (χ2v) is 6.41. The molecule has 0 radical (unpaired) electrons. The number of rotatable bonds is 4. The summed E-state index contributed by atoms with van der Waals surface area (Å²) in [4.78, 5) is 25.3. The van der Waals surface area contributed by atoms with E-state index in [1.807, 2.05) is 6.07 Å². The van der Waals surface area contributed by atoms with Crippen molar-refractivity contribution in [3.8, 4) is 0 Å². The highest BCUT2D eigenvalue weighted by molar-refractivity contribution is 5.92. The van der Waals surface area contributed by atoms with Gasteiger partial charge in [-0.2, -0.15) is 0 Å². The molecule has 1 amide bonds. The number of amides is 1. The number of hydrogen-bond acceptors (Lipinski definition) is 5. The molecule has 0 aliphatic carbocycles. The van der Waals surface area contributed by atoms with Gasteiger partial charge in [-0.1, -0.05) is 0 Å². The highest BCUT2D eigenvalue weighted by Crippen LogP contribution is 2.24. The van der Waals surface area contributed by atoms with E-state index in [0.717, 1.165) is 36.9 Å². The van der Waals surface area contributed by atoms with E-state index in [1.165, 1.54) is 13.0 Å². The standard InChI is InChI=1S/C18H22N2O4/c1-12(22)19-15-4-5-16-14(7-18(23)24-17(16)8-15)10-20-6-2-3-13(9-20)11-21/h4-5,7-8,13,21H,2-3,6,9-11H2,1H3,(H,19,22). The van der Waals surface area contributed by atoms with Crippen molar-refractivity contribution < 1.29 is 14.3 Å². The summed E-state index contributed by atoms with van der Waals surface area (Å²) in [6, 6.07) is 6.88. The van der Waals surface area contributed by atoms with Crippen LogP contribution in [0, 0.1) is 5.92 Å². The van der Waals surface area contributed by atoms with Gasteiger partial charge >= 0.3 is 5.63 Å². The normalized spacial score (nSPS) is 18.7. The third kappa shape index (κ3) is 3.83. The van der Waals surface area contributed by atoms with Gasteiger partial charge in [0.25, 0.3) is 0 Å². The monoisotopic (exact) mass is 330 g/mol. The molecule has 0 bridgehead atoms. The van der Waals surface area contributed by atoms with E-state index in [1.54, 1.807) is 12.1 Å². The first-order valence-electron chi connectivity index (χ1n) is 8.23. The summed E-state index contributed by atoms with van der Waals surface area (Å²) in [5, 5.41) is 12.9. The molecule has 3 rings (SSSR count). The fourth-order valence-electron chi connectivity index (χ4n) is 3.33. The van der Waals surface area contributed by atoms with E-state index in [0.29, 0.717) is 23.7 Å². The first-order valence-corrected chi connectivity index (χ1v) is 8.23. The first-order chi connectivity index (χ1) is 11.5. The molecular formula is C18H22N2O4. The molecule has 1 aromatic carbocycles. The van der Waals surface area contributed by atoms with Crippen LogP contribution in [0.5, 0.6) is 0 Å². The Morgan fingerprint density at radius 1 is 1.42 bits per heavy atom. The lowest BCUT2D eigenvalue weighted by molar-refractivity contribution is -0.114. The maximum absolute atomic E-state index is 11.9. The van der Waals surface area contributed by atoms with Crippen LogP contribution in [0.15, 0.2) is 33.5 Å². The van der Waals surface area contributed by atoms with Gasteiger partial charge in [-0.05, 0) is 43.0 Å². The molecule has 2 aromatic rings. The summed E-state index contributed by atoms with van der Waals surface area (Å²) in [5.41, 5.74) is 1.59. The zero-order valence-corrected chi connectivity index (χ0v) is 13.7. The maximum Gasteiger partial charge on any atom is 0.336 e. The number of nitrogens with zero attached hydrogens (tertiary/aromatic N) is 1. The second kappa shape index (κ2) is 7.15. The molecule has 6 heteroatoms. The summed E-state index contributed by atoms with van der Waals surface area (Å²) >= 11 is 0. The van der Waals surface area contributed by atoms with Crippen LogP contribution in [0.4, 0.5) is 5.69 Å². The lowest BCUT2D eigenvalue weighted by Gasteiger charge is -2.31. The summed E-state index contributed by atoms with van der Waals surface area (Å²) < 4.78 is 5.29. The molecule has 24 heavy (non-hydrogen) atoms. The number of likely N-dealkylation sites (tertiary alicyclic amines) is 1. The second-order valence-electron chi connectivity index (χ2n) is 6.41. The van der Waals surface area contributed by atoms with Crippen LogP contribution in [-0.2, 0) is 11.3 Å². The molecule has 1 fully saturated rings. The zero-order chi connectivity index (χ0) is 17.1. The molecule has 1 unspecified atom stereocenters. The summed E-state index contributed by atoms with van der Waals surface area (Å²) in [7, 11) is 0. The molecule has 128 valence electrons. The number of aliphatic hydroxyl groups excluding tert-OH is 1. The Morgan fingerprint density at radius 3 is 3.00 bits per heavy atom. The Bertz CT molecular complexity index is 799. The van der Waals surface area contributed by atoms with Crippen LogP contribution < -0.4 is 10.9 Å². The van der Waals surface area contributed by atoms with E-state index < -0.39 is 5.63 Å². The average Bonchev–Trinajstić information content (AvgIpc) is 2.54. The lowest BCUT2D eigenvalue weighted by Crippen LogP contribution is -2.36. The smallest absolute Gasteiger partial charge is 0.336 e. The van der Waals surface area contributed by atoms with Crippen molar-refractivity contribution in [3.63, 3.8) is 0 Å². The predicted molar refractivity (Wildman–Crippen MR) is 91.9 cm³/mol. The van der Waals surface area contributed by atoms with Crippen molar-refractivity contribution in [2.75, 3.05) is 25.0 Å². The number of piperidine rings is 1. The Balaban J connectivity index is 1.89. The van der Waals surface area contributed by atoms with Crippen molar-refractivity contribution in [1.29, 1.82) is 0 Å². The average molecular weight is 330 g/mol. The van der Waals surface area contributed by atoms with E-state index in [9.17, 15) is 14.7 Å². The number of aliphatic hydroxyl groups is 1. The molecule has 2 N–H and O–H groups in total. The Morgan fingerprint density at radius 2 is 2.25 bits per heavy atom. The molecule has 6 nitrogen and oxygen atoms in total. The summed E-state index contributed by atoms with van der Waals surface area (Å²) in [6.45, 7) is 4.08. The van der Waals surface area contributed by atoms with Crippen LogP contribution in [0.1, 0.15) is 25.3 Å². The van der Waals surface area contributed by atoms with Gasteiger partial charge in [0.15, 0.2) is 0 Å². The van der Waals surface area contributed by atoms with Gasteiger partial charge in [0.1, 0.15) is 5.58 Å². The minimum absolute atomic E-state index is 0.170. The van der Waals surface area contributed by atoms with Crippen molar-refractivity contribution >= 4 is 22.6 Å². The largest absolute Gasteiger partial charge is 0.423 e. The third-order valence-electron chi connectivity index (χ3n) is 4.41. The molecule has 2 heterocycles. The molecule has 0 spiro atoms. The van der Waals surface area contributed by atoms with E-state index >= 15 is 0 Å². The number of anilines is 1. The third-order valence-corrected chi connectivity index (χ3v) is 4.41. The Kier molecular flexibility index (Phi) is 4.97. The fraction of sp³-hybridized carbons (Fsp3) is 0.444. The van der Waals surface area contributed by atoms with Gasteiger partial charge in [-0.15, -0.1) is 0 Å². The van der Waals surface area contributed by atoms with Gasteiger partial charge in [0, 0.05) is 49.8 Å². The van der Waals surface area contributed by atoms with Gasteiger partial charge in [0.2, 0.25) is 5.91 Å². The molecule has 1 aliphatic heterocycles. The molecule has 1 saturated heterocycles. The number of benzene rings is 1. The summed E-state index contributed by atoms with van der Waals surface area (Å²) in [6.07, 6.45) is 2.10. The van der Waals surface area contributed by atoms with E-state index in [4.69, 9.17) is 4.42 Å². The Hall–Kier alpha value is -2.18. The number of hydrogen-bond donors (Lipinski definition) is 2. The van der Waals surface area contributed by atoms with Gasteiger partial charge in [0.05, 0.1) is 0 Å². The highest BCUT2D eigenvalue weighted by atomic mass is 16.4. The maximum atomic E-state index is 11.9. The van der Waals surface area contributed by atoms with Gasteiger partial charge in [-0.3, -0.25) is 9.69 Å². The van der Waals surface area contributed by atoms with E-state index in [-0.39, 0.29) is 12.5 Å². The Labute approximate surface area is 140 Å². The van der Waals surface area contributed by atoms with Crippen molar-refractivity contribution in [2.45, 2.75) is 26.3 Å². The van der Waals surface area contributed by atoms with Crippen LogP contribution in [-0.4, -0.2) is 35.6 Å². The van der Waals surface area contributed by atoms with E-state index in [2.05, 4.69) is 10.2 Å². The minimum atomic E-state index is -0.395. The van der Waals surface area contributed by atoms with Crippen molar-refractivity contribution in [2.24, 2.45) is 5.92 Å². The topological polar surface area (TPSA) is 82.8 Å². The molecule has 1 aromatic heterocycles. The highest BCUT2D eigenvalue weighted by Gasteiger charge is 2.20. The minimum Gasteiger partial charge on any atom is -0.423 e. The van der Waals surface area contributed by atoms with Crippen LogP contribution in [0.25, 0.3) is 11.0 Å². The molecule has 0 saturated carbocycles. The van der Waals surface area contributed by atoms with Crippen LogP contribution in [0.3, 0.4) is 0 Å². The molecule has 1 atom stereocenters. The van der Waals surface area contributed by atoms with Crippen molar-refractivity contribution in [3.05, 3.63) is 40.2 Å². The number of carbonyl (C=O) groups is 1. The molecule has 1 aliphatic rings. The van der Waals surface area contributed by atoms with Crippen LogP contribution >= 0.6 is 0 Å². The van der Waals surface area contributed by atoms with Gasteiger partial charge in [-0.25, -0.2) is 4.79 Å². The SMILES string of the molecule is CC(=O)Nc1ccc2c(CN3CCCC(CO)C3)cc(=O)oc2c1. The fourth-order valence-corrected chi connectivity index (χ4v) is 3.33. The van der Waals surface area contributed by atoms with Crippen LogP contribution in [0.2, 0.25) is 0 Å².